The summed E-state index contributed by atoms with van der Waals surface area (Å²) in [6.45, 7) is 0.905. The molecule has 0 saturated heterocycles. The molecule has 27 heavy (non-hydrogen) atoms. The van der Waals surface area contributed by atoms with Gasteiger partial charge in [-0.15, -0.1) is 0 Å². The van der Waals surface area contributed by atoms with Crippen molar-refractivity contribution in [3.05, 3.63) is 47.5 Å². The third-order valence-corrected chi connectivity index (χ3v) is 5.05. The largest absolute Gasteiger partial charge is 0.497 e. The van der Waals surface area contributed by atoms with Gasteiger partial charge in [-0.3, -0.25) is 9.69 Å². The van der Waals surface area contributed by atoms with E-state index in [-0.39, 0.29) is 11.8 Å². The maximum absolute atomic E-state index is 12.7. The summed E-state index contributed by atoms with van der Waals surface area (Å²) in [5.74, 6) is 1.17. The van der Waals surface area contributed by atoms with Gasteiger partial charge in [-0.1, -0.05) is 0 Å². The lowest BCUT2D eigenvalue weighted by molar-refractivity contribution is -0.121. The second kappa shape index (κ2) is 6.83. The lowest BCUT2D eigenvalue weighted by Gasteiger charge is -2.25. The quantitative estimate of drug-likeness (QED) is 0.871. The van der Waals surface area contributed by atoms with E-state index < -0.39 is 6.03 Å². The number of methoxy groups -OCH3 is 1. The summed E-state index contributed by atoms with van der Waals surface area (Å²) < 4.78 is 11.0. The Bertz CT molecular complexity index is 912. The van der Waals surface area contributed by atoms with Crippen molar-refractivity contribution >= 4 is 23.3 Å². The summed E-state index contributed by atoms with van der Waals surface area (Å²) in [5, 5.41) is 2.96. The Kier molecular flexibility index (Phi) is 4.35. The topological polar surface area (TPSA) is 93.9 Å². The zero-order valence-electron chi connectivity index (χ0n) is 15.0. The summed E-state index contributed by atoms with van der Waals surface area (Å²) in [6, 6.07) is 10.7. The number of nitrogens with one attached hydrogen (secondary N) is 1. The van der Waals surface area contributed by atoms with Crippen molar-refractivity contribution < 1.29 is 19.1 Å². The first-order valence-corrected chi connectivity index (χ1v) is 8.85. The number of fused-ring (bicyclic) bond motifs is 2. The Hall–Kier alpha value is -3.22. The Morgan fingerprint density at radius 3 is 2.85 bits per heavy atom. The molecular weight excluding hydrogens is 346 g/mol. The normalized spacial score (nSPS) is 17.5. The average Bonchev–Trinajstić information content (AvgIpc) is 3.10. The molecule has 2 aliphatic rings. The molecule has 2 heterocycles. The van der Waals surface area contributed by atoms with Crippen LogP contribution in [0.2, 0.25) is 0 Å². The monoisotopic (exact) mass is 367 g/mol. The molecule has 0 spiro atoms. The van der Waals surface area contributed by atoms with Crippen LogP contribution in [0.4, 0.5) is 16.2 Å². The van der Waals surface area contributed by atoms with E-state index in [2.05, 4.69) is 5.32 Å². The summed E-state index contributed by atoms with van der Waals surface area (Å²) in [5.41, 5.74) is 8.87. The van der Waals surface area contributed by atoms with Crippen molar-refractivity contribution in [1.82, 2.24) is 0 Å². The van der Waals surface area contributed by atoms with Crippen LogP contribution in [0.3, 0.4) is 0 Å². The molecule has 3 N–H and O–H groups in total. The Balaban J connectivity index is 1.46. The fourth-order valence-corrected chi connectivity index (χ4v) is 3.62. The molecule has 4 rings (SSSR count). The number of amides is 3. The molecule has 0 fully saturated rings. The fourth-order valence-electron chi connectivity index (χ4n) is 3.62. The number of rotatable bonds is 3. The lowest BCUT2D eigenvalue weighted by Crippen LogP contribution is -2.34. The third-order valence-electron chi connectivity index (χ3n) is 5.05. The van der Waals surface area contributed by atoms with Gasteiger partial charge in [-0.25, -0.2) is 4.79 Å². The Morgan fingerprint density at radius 1 is 1.22 bits per heavy atom. The number of primary amides is 1. The van der Waals surface area contributed by atoms with Crippen LogP contribution in [-0.4, -0.2) is 32.2 Å². The van der Waals surface area contributed by atoms with Crippen LogP contribution in [0.5, 0.6) is 11.5 Å². The molecule has 2 aromatic carbocycles. The van der Waals surface area contributed by atoms with Gasteiger partial charge in [0.25, 0.3) is 0 Å². The lowest BCUT2D eigenvalue weighted by atomic mass is 9.95. The van der Waals surface area contributed by atoms with E-state index >= 15 is 0 Å². The van der Waals surface area contributed by atoms with Crippen molar-refractivity contribution in [2.24, 2.45) is 11.7 Å². The van der Waals surface area contributed by atoms with Gasteiger partial charge in [0.1, 0.15) is 18.1 Å². The zero-order valence-corrected chi connectivity index (χ0v) is 15.0. The molecule has 0 saturated carbocycles. The highest BCUT2D eigenvalue weighted by atomic mass is 16.5. The van der Waals surface area contributed by atoms with Crippen LogP contribution in [0.1, 0.15) is 11.1 Å². The number of urea groups is 1. The van der Waals surface area contributed by atoms with E-state index in [0.717, 1.165) is 34.7 Å². The summed E-state index contributed by atoms with van der Waals surface area (Å²) in [6.07, 6.45) is 1.32. The fraction of sp³-hybridized carbons (Fsp3) is 0.300. The molecule has 2 aliphatic heterocycles. The predicted octanol–water partition coefficient (Wildman–Crippen LogP) is 2.33. The number of hydrogen-bond acceptors (Lipinski definition) is 4. The highest BCUT2D eigenvalue weighted by Gasteiger charge is 2.27. The first-order chi connectivity index (χ1) is 13.0. The van der Waals surface area contributed by atoms with Crippen molar-refractivity contribution in [2.75, 3.05) is 30.5 Å². The molecule has 7 heteroatoms. The van der Waals surface area contributed by atoms with Crippen molar-refractivity contribution in [3.8, 4) is 11.5 Å². The van der Waals surface area contributed by atoms with Gasteiger partial charge in [0.2, 0.25) is 5.91 Å². The Morgan fingerprint density at radius 2 is 2.07 bits per heavy atom. The molecule has 0 radical (unpaired) electrons. The van der Waals surface area contributed by atoms with Gasteiger partial charge in [-0.05, 0) is 60.4 Å². The molecule has 1 atom stereocenters. The van der Waals surface area contributed by atoms with Crippen molar-refractivity contribution in [3.63, 3.8) is 0 Å². The van der Waals surface area contributed by atoms with E-state index in [4.69, 9.17) is 15.2 Å². The molecule has 0 aliphatic carbocycles. The summed E-state index contributed by atoms with van der Waals surface area (Å²) >= 11 is 0. The highest BCUT2D eigenvalue weighted by Crippen LogP contribution is 2.32. The average molecular weight is 367 g/mol. The van der Waals surface area contributed by atoms with E-state index in [1.807, 2.05) is 30.3 Å². The molecule has 1 unspecified atom stereocenters. The molecule has 2 aromatic rings. The molecule has 3 amide bonds. The van der Waals surface area contributed by atoms with Gasteiger partial charge in [0.05, 0.1) is 13.0 Å². The molecular formula is C20H21N3O4. The van der Waals surface area contributed by atoms with Crippen LogP contribution >= 0.6 is 0 Å². The van der Waals surface area contributed by atoms with Gasteiger partial charge in [0.15, 0.2) is 0 Å². The molecule has 7 nitrogen and oxygen atoms in total. The van der Waals surface area contributed by atoms with E-state index in [1.165, 1.54) is 0 Å². The van der Waals surface area contributed by atoms with Gasteiger partial charge < -0.3 is 20.5 Å². The Labute approximate surface area is 157 Å². The van der Waals surface area contributed by atoms with Crippen LogP contribution in [-0.2, 0) is 17.6 Å². The van der Waals surface area contributed by atoms with E-state index in [9.17, 15) is 9.59 Å². The number of ether oxygens (including phenoxy) is 2. The smallest absolute Gasteiger partial charge is 0.319 e. The molecule has 0 aromatic heterocycles. The molecule has 0 bridgehead atoms. The SMILES string of the molecule is COc1ccc2c(c1)CC(C(=O)Nc1ccc3c(c1)CCN3C(N)=O)CO2. The second-order valence-corrected chi connectivity index (χ2v) is 6.76. The van der Waals surface area contributed by atoms with Gasteiger partial charge in [-0.2, -0.15) is 0 Å². The first-order valence-electron chi connectivity index (χ1n) is 8.85. The number of nitrogens with two attached hydrogens (primary N) is 1. The van der Waals surface area contributed by atoms with Crippen LogP contribution in [0.15, 0.2) is 36.4 Å². The third kappa shape index (κ3) is 3.28. The molecule has 140 valence electrons. The minimum Gasteiger partial charge on any atom is -0.497 e. The van der Waals surface area contributed by atoms with Crippen molar-refractivity contribution in [2.45, 2.75) is 12.8 Å². The van der Waals surface area contributed by atoms with Gasteiger partial charge in [0, 0.05) is 17.9 Å². The second-order valence-electron chi connectivity index (χ2n) is 6.76. The number of anilines is 2. The maximum Gasteiger partial charge on any atom is 0.319 e. The van der Waals surface area contributed by atoms with Crippen LogP contribution in [0.25, 0.3) is 0 Å². The van der Waals surface area contributed by atoms with Crippen LogP contribution in [0, 0.1) is 5.92 Å². The van der Waals surface area contributed by atoms with Crippen LogP contribution < -0.4 is 25.4 Å². The van der Waals surface area contributed by atoms with Gasteiger partial charge >= 0.3 is 6.03 Å². The standard InChI is InChI=1S/C20H21N3O4/c1-26-16-3-5-18-13(10-16)8-14(11-27-18)19(24)22-15-2-4-17-12(9-15)6-7-23(17)20(21)25/h2-5,9-10,14H,6-8,11H2,1H3,(H2,21,25)(H,22,24). The number of carbonyl (C=O) groups is 2. The zero-order chi connectivity index (χ0) is 19.0. The minimum atomic E-state index is -0.459. The minimum absolute atomic E-state index is 0.0897. The number of carbonyl (C=O) groups excluding carboxylic acids is 2. The highest BCUT2D eigenvalue weighted by molar-refractivity contribution is 5.96. The summed E-state index contributed by atoms with van der Waals surface area (Å²) in [7, 11) is 1.61. The maximum atomic E-state index is 12.7. The number of hydrogen-bond donors (Lipinski definition) is 2. The number of benzene rings is 2. The number of nitrogens with zero attached hydrogens (tertiary/aromatic N) is 1. The summed E-state index contributed by atoms with van der Waals surface area (Å²) in [4.78, 5) is 25.7. The van der Waals surface area contributed by atoms with Crippen molar-refractivity contribution in [1.29, 1.82) is 0 Å². The predicted molar refractivity (Wildman–Crippen MR) is 101 cm³/mol. The first kappa shape index (κ1) is 17.2. The van der Waals surface area contributed by atoms with E-state index in [0.29, 0.717) is 25.3 Å². The van der Waals surface area contributed by atoms with E-state index in [1.54, 1.807) is 18.1 Å².